The van der Waals surface area contributed by atoms with E-state index in [1.165, 1.54) is 120 Å². The molecule has 2 nitrogen and oxygen atoms in total. The first-order valence-corrected chi connectivity index (χ1v) is 20.0. The van der Waals surface area contributed by atoms with Gasteiger partial charge in [-0.1, -0.05) is 117 Å². The number of anilines is 5. The molecule has 3 aliphatic rings. The van der Waals surface area contributed by atoms with Gasteiger partial charge in [0.25, 0.3) is 0 Å². The number of hydrogen-bond donors (Lipinski definition) is 0. The lowest BCUT2D eigenvalue weighted by atomic mass is 9.74. The molecule has 0 atom stereocenters. The van der Waals surface area contributed by atoms with Crippen LogP contribution >= 0.6 is 0 Å². The van der Waals surface area contributed by atoms with Gasteiger partial charge in [0.1, 0.15) is 0 Å². The molecule has 0 unspecified atom stereocenters. The van der Waals surface area contributed by atoms with Crippen molar-refractivity contribution in [2.24, 2.45) is 0 Å². The van der Waals surface area contributed by atoms with E-state index in [1.807, 2.05) is 0 Å². The molecule has 0 amide bonds. The maximum Gasteiger partial charge on any atom is 0.0468 e. The molecule has 0 N–H and O–H groups in total. The summed E-state index contributed by atoms with van der Waals surface area (Å²) in [6.45, 7) is 0. The predicted molar refractivity (Wildman–Crippen MR) is 223 cm³/mol. The molecule has 0 aromatic heterocycles. The molecular weight excluding hydrogens is 629 g/mol. The molecule has 0 aliphatic heterocycles. The van der Waals surface area contributed by atoms with Gasteiger partial charge in [-0.25, -0.2) is 0 Å². The molecule has 9 rings (SSSR count). The number of rotatable bonds is 8. The summed E-state index contributed by atoms with van der Waals surface area (Å²) in [4.78, 5) is 4.97. The van der Waals surface area contributed by atoms with Crippen molar-refractivity contribution in [3.63, 3.8) is 0 Å². The van der Waals surface area contributed by atoms with E-state index >= 15 is 0 Å². The first-order chi connectivity index (χ1) is 25.8. The number of para-hydroxylation sites is 3. The lowest BCUT2D eigenvalue weighted by molar-refractivity contribution is 0.445. The van der Waals surface area contributed by atoms with Gasteiger partial charge in [0.2, 0.25) is 0 Å². The maximum atomic E-state index is 2.59. The smallest absolute Gasteiger partial charge is 0.0468 e. The zero-order valence-electron chi connectivity index (χ0n) is 30.4. The van der Waals surface area contributed by atoms with E-state index in [2.05, 4.69) is 155 Å². The van der Waals surface area contributed by atoms with Crippen molar-refractivity contribution in [2.45, 2.75) is 88.9 Å². The minimum absolute atomic E-state index is 0.568. The van der Waals surface area contributed by atoms with Crippen LogP contribution in [0.5, 0.6) is 0 Å². The third kappa shape index (κ3) is 6.34. The number of allylic oxidation sites excluding steroid dienone is 4. The number of fused-ring (bicyclic) bond motifs is 2. The standard InChI is InChI=1S/C50H50N2/c1-7-19-37(20-8-1)49-45-33-31-44(52(41-27-15-5-16-28-41)42-29-17-6-18-30-42)36-48(45)50(38-21-9-2-10-22-38)46-34-32-43(35-47(46)49)51(39-23-11-3-12-24-39)40-25-13-4-14-26-40/h3-6,11-17,23-29,31-38H,1-2,7-10,18-22,30H2. The van der Waals surface area contributed by atoms with Gasteiger partial charge >= 0.3 is 0 Å². The molecule has 2 saturated carbocycles. The molecule has 6 aromatic carbocycles. The van der Waals surface area contributed by atoms with Crippen LogP contribution < -0.4 is 9.80 Å². The quantitative estimate of drug-likeness (QED) is 0.148. The monoisotopic (exact) mass is 678 g/mol. The Kier molecular flexibility index (Phi) is 9.38. The summed E-state index contributed by atoms with van der Waals surface area (Å²) in [5, 5.41) is 5.92. The highest BCUT2D eigenvalue weighted by molar-refractivity contribution is 6.09. The number of hydrogen-bond acceptors (Lipinski definition) is 2. The number of benzene rings is 6. The summed E-state index contributed by atoms with van der Waals surface area (Å²) >= 11 is 0. The third-order valence-electron chi connectivity index (χ3n) is 12.0. The van der Waals surface area contributed by atoms with E-state index < -0.39 is 0 Å². The van der Waals surface area contributed by atoms with E-state index in [0.29, 0.717) is 11.8 Å². The van der Waals surface area contributed by atoms with Gasteiger partial charge < -0.3 is 9.80 Å². The molecule has 2 heteroatoms. The Balaban J connectivity index is 1.32. The third-order valence-corrected chi connectivity index (χ3v) is 12.0. The van der Waals surface area contributed by atoms with Crippen molar-refractivity contribution >= 4 is 50.0 Å². The van der Waals surface area contributed by atoms with Crippen LogP contribution in [-0.4, -0.2) is 0 Å². The van der Waals surface area contributed by atoms with Gasteiger partial charge in [-0.15, -0.1) is 0 Å². The normalized spacial score (nSPS) is 17.0. The van der Waals surface area contributed by atoms with E-state index in [4.69, 9.17) is 0 Å². The van der Waals surface area contributed by atoms with Crippen LogP contribution in [0, 0.1) is 0 Å². The average molecular weight is 679 g/mol. The Morgan fingerprint density at radius 1 is 0.404 bits per heavy atom. The second-order valence-electron chi connectivity index (χ2n) is 15.3. The Bertz CT molecular complexity index is 2160. The molecule has 0 spiro atoms. The summed E-state index contributed by atoms with van der Waals surface area (Å²) in [5.41, 5.74) is 10.7. The summed E-state index contributed by atoms with van der Waals surface area (Å²) in [6, 6.07) is 47.9. The average Bonchev–Trinajstić information content (AvgIpc) is 3.22. The van der Waals surface area contributed by atoms with Gasteiger partial charge in [0, 0.05) is 34.1 Å². The van der Waals surface area contributed by atoms with Crippen molar-refractivity contribution in [1.82, 2.24) is 0 Å². The summed E-state index contributed by atoms with van der Waals surface area (Å²) < 4.78 is 0. The van der Waals surface area contributed by atoms with E-state index in [-0.39, 0.29) is 0 Å². The van der Waals surface area contributed by atoms with Crippen molar-refractivity contribution in [1.29, 1.82) is 0 Å². The minimum Gasteiger partial charge on any atom is -0.314 e. The second-order valence-corrected chi connectivity index (χ2v) is 15.3. The van der Waals surface area contributed by atoms with Crippen LogP contribution in [0.3, 0.4) is 0 Å². The highest BCUT2D eigenvalue weighted by atomic mass is 15.2. The first kappa shape index (κ1) is 32.8. The van der Waals surface area contributed by atoms with E-state index in [0.717, 1.165) is 12.8 Å². The SMILES string of the molecule is C1=CCCC(N(c2ccccc2)c2ccc3c(C4CCCCC4)c4cc(N(c5ccccc5)c5ccccc5)ccc4c(C4CCCCC4)c3c2)=C1. The van der Waals surface area contributed by atoms with E-state index in [1.54, 1.807) is 11.1 Å². The molecule has 0 heterocycles. The lowest BCUT2D eigenvalue weighted by Gasteiger charge is -2.33. The first-order valence-electron chi connectivity index (χ1n) is 20.0. The van der Waals surface area contributed by atoms with Gasteiger partial charge in [-0.2, -0.15) is 0 Å². The largest absolute Gasteiger partial charge is 0.314 e. The van der Waals surface area contributed by atoms with Crippen LogP contribution in [0.1, 0.15) is 100 Å². The lowest BCUT2D eigenvalue weighted by Crippen LogP contribution is -2.17. The van der Waals surface area contributed by atoms with E-state index in [9.17, 15) is 0 Å². The fraction of sp³-hybridized carbons (Fsp3) is 0.280. The van der Waals surface area contributed by atoms with Crippen LogP contribution in [0.15, 0.2) is 151 Å². The fourth-order valence-corrected chi connectivity index (χ4v) is 9.65. The van der Waals surface area contributed by atoms with Gasteiger partial charge in [-0.3, -0.25) is 0 Å². The molecule has 0 saturated heterocycles. The Morgan fingerprint density at radius 3 is 1.29 bits per heavy atom. The molecule has 0 radical (unpaired) electrons. The zero-order chi connectivity index (χ0) is 34.7. The topological polar surface area (TPSA) is 6.48 Å². The minimum atomic E-state index is 0.568. The Hall–Kier alpha value is -5.08. The van der Waals surface area contributed by atoms with Crippen LogP contribution in [0.4, 0.5) is 28.4 Å². The molecule has 2 fully saturated rings. The summed E-state index contributed by atoms with van der Waals surface area (Å²) in [5.74, 6) is 1.14. The Labute approximate surface area is 310 Å². The van der Waals surface area contributed by atoms with Gasteiger partial charge in [0.15, 0.2) is 0 Å². The Morgan fingerprint density at radius 2 is 0.846 bits per heavy atom. The van der Waals surface area contributed by atoms with Crippen molar-refractivity contribution in [2.75, 3.05) is 9.80 Å². The molecule has 3 aliphatic carbocycles. The zero-order valence-corrected chi connectivity index (χ0v) is 30.4. The molecular formula is C50H50N2. The fourth-order valence-electron chi connectivity index (χ4n) is 9.65. The van der Waals surface area contributed by atoms with Crippen molar-refractivity contribution < 1.29 is 0 Å². The summed E-state index contributed by atoms with van der Waals surface area (Å²) in [7, 11) is 0. The predicted octanol–water partition coefficient (Wildman–Crippen LogP) is 14.9. The molecule has 52 heavy (non-hydrogen) atoms. The van der Waals surface area contributed by atoms with Crippen LogP contribution in [0.25, 0.3) is 21.5 Å². The maximum absolute atomic E-state index is 2.59. The van der Waals surface area contributed by atoms with Gasteiger partial charge in [0.05, 0.1) is 0 Å². The van der Waals surface area contributed by atoms with Gasteiger partial charge in [-0.05, 0) is 150 Å². The van der Waals surface area contributed by atoms with Crippen LogP contribution in [-0.2, 0) is 0 Å². The highest BCUT2D eigenvalue weighted by Gasteiger charge is 2.28. The van der Waals surface area contributed by atoms with Crippen LogP contribution in [0.2, 0.25) is 0 Å². The second kappa shape index (κ2) is 14.9. The highest BCUT2D eigenvalue weighted by Crippen LogP contribution is 2.50. The number of nitrogens with zero attached hydrogens (tertiary/aromatic N) is 2. The van der Waals surface area contributed by atoms with Crippen molar-refractivity contribution in [3.05, 3.63) is 162 Å². The molecule has 0 bridgehead atoms. The summed E-state index contributed by atoms with van der Waals surface area (Å²) in [6.07, 6.45) is 22.1. The molecule has 6 aromatic rings. The molecule has 260 valence electrons. The van der Waals surface area contributed by atoms with Crippen molar-refractivity contribution in [3.8, 4) is 0 Å².